The number of likely N-dealkylation sites (tertiary alicyclic amines) is 1. The molecule has 1 saturated heterocycles. The Morgan fingerprint density at radius 1 is 1.24 bits per heavy atom. The lowest BCUT2D eigenvalue weighted by atomic mass is 10.1. The fourth-order valence-corrected chi connectivity index (χ4v) is 3.33. The summed E-state index contributed by atoms with van der Waals surface area (Å²) in [6, 6.07) is 9.96. The molecule has 0 aliphatic carbocycles. The molecule has 1 aliphatic rings. The number of benzene rings is 1. The number of nitrogens with zero attached hydrogens (tertiary/aromatic N) is 3. The molecule has 2 aromatic rings. The average molecular weight is 303 g/mol. The van der Waals surface area contributed by atoms with Gasteiger partial charge in [0, 0.05) is 13.1 Å². The summed E-state index contributed by atoms with van der Waals surface area (Å²) >= 11 is 1.48. The van der Waals surface area contributed by atoms with Crippen molar-refractivity contribution in [2.75, 3.05) is 18.8 Å². The van der Waals surface area contributed by atoms with Gasteiger partial charge < -0.3 is 4.90 Å². The van der Waals surface area contributed by atoms with Crippen LogP contribution < -0.4 is 4.68 Å². The summed E-state index contributed by atoms with van der Waals surface area (Å²) in [7, 11) is 0. The van der Waals surface area contributed by atoms with Gasteiger partial charge in [-0.05, 0) is 48.1 Å². The molecule has 21 heavy (non-hydrogen) atoms. The van der Waals surface area contributed by atoms with E-state index in [4.69, 9.17) is 0 Å². The van der Waals surface area contributed by atoms with E-state index in [1.807, 2.05) is 39.9 Å². The van der Waals surface area contributed by atoms with Gasteiger partial charge in [0.1, 0.15) is 0 Å². The van der Waals surface area contributed by atoms with Crippen LogP contribution in [0, 0.1) is 0 Å². The molecule has 0 bridgehead atoms. The number of para-hydroxylation sites is 1. The van der Waals surface area contributed by atoms with E-state index in [-0.39, 0.29) is 5.91 Å². The summed E-state index contributed by atoms with van der Waals surface area (Å²) in [6.07, 6.45) is 5.15. The van der Waals surface area contributed by atoms with Crippen molar-refractivity contribution in [1.29, 1.82) is 0 Å². The zero-order chi connectivity index (χ0) is 14.5. The van der Waals surface area contributed by atoms with Crippen molar-refractivity contribution in [2.45, 2.75) is 24.4 Å². The van der Waals surface area contributed by atoms with Crippen LogP contribution in [0.1, 0.15) is 19.3 Å². The van der Waals surface area contributed by atoms with Crippen LogP contribution in [0.2, 0.25) is 0 Å². The van der Waals surface area contributed by atoms with Gasteiger partial charge in [0.2, 0.25) is 12.2 Å². The van der Waals surface area contributed by atoms with Gasteiger partial charge in [-0.15, -0.1) is 4.68 Å². The van der Waals surface area contributed by atoms with E-state index < -0.39 is 0 Å². The molecule has 3 rings (SSSR count). The van der Waals surface area contributed by atoms with Crippen LogP contribution in [0.5, 0.6) is 0 Å². The Hall–Kier alpha value is -1.82. The largest absolute Gasteiger partial charge is 0.385 e. The van der Waals surface area contributed by atoms with Gasteiger partial charge in [-0.2, -0.15) is 5.10 Å². The number of thioether (sulfide) groups is 1. The molecule has 1 N–H and O–H groups in total. The zero-order valence-corrected chi connectivity index (χ0v) is 12.7. The van der Waals surface area contributed by atoms with E-state index in [0.29, 0.717) is 5.75 Å². The molecule has 0 spiro atoms. The molecular formula is C15H19N4OS+. The normalized spacial score (nSPS) is 15.1. The number of amides is 1. The summed E-state index contributed by atoms with van der Waals surface area (Å²) in [5.74, 6) is 0.653. The molecule has 110 valence electrons. The summed E-state index contributed by atoms with van der Waals surface area (Å²) in [5, 5.41) is 3.90. The highest BCUT2D eigenvalue weighted by molar-refractivity contribution is 7.99. The number of aromatic nitrogens is 3. The maximum atomic E-state index is 12.2. The third-order valence-electron chi connectivity index (χ3n) is 3.60. The molecule has 5 nitrogen and oxygen atoms in total. The molecule has 0 saturated carbocycles. The van der Waals surface area contributed by atoms with Gasteiger partial charge in [0.25, 0.3) is 0 Å². The Morgan fingerprint density at radius 3 is 2.76 bits per heavy atom. The Labute approximate surface area is 128 Å². The van der Waals surface area contributed by atoms with Crippen LogP contribution in [0.4, 0.5) is 0 Å². The second kappa shape index (κ2) is 6.76. The number of aromatic amines is 1. The number of carbonyl (C=O) groups is 1. The standard InChI is InChI=1S/C15H18N4OS/c20-14(18-9-5-2-6-10-18)11-21-15-16-12-17-19(15)13-7-3-1-4-8-13/h1,3-4,7-8,12H,2,5-6,9-11H2/p+1. The smallest absolute Gasteiger partial charge is 0.342 e. The fraction of sp³-hybridized carbons (Fsp3) is 0.400. The highest BCUT2D eigenvalue weighted by Gasteiger charge is 2.21. The highest BCUT2D eigenvalue weighted by Crippen LogP contribution is 2.15. The van der Waals surface area contributed by atoms with Crippen LogP contribution in [-0.4, -0.2) is 39.7 Å². The van der Waals surface area contributed by atoms with Crippen LogP contribution in [0.25, 0.3) is 5.69 Å². The minimum atomic E-state index is 0.210. The molecule has 0 radical (unpaired) electrons. The maximum absolute atomic E-state index is 12.2. The number of H-pyrrole nitrogens is 1. The fourth-order valence-electron chi connectivity index (χ4n) is 2.48. The first-order valence-electron chi connectivity index (χ1n) is 7.26. The average Bonchev–Trinajstić information content (AvgIpc) is 3.03. The molecule has 1 aliphatic heterocycles. The highest BCUT2D eigenvalue weighted by atomic mass is 32.2. The van der Waals surface area contributed by atoms with E-state index in [9.17, 15) is 4.79 Å². The second-order valence-electron chi connectivity index (χ2n) is 5.07. The SMILES string of the molecule is O=C(CSc1nc[nH][n+]1-c1ccccc1)N1CCCCC1. The van der Waals surface area contributed by atoms with Crippen molar-refractivity contribution in [1.82, 2.24) is 15.0 Å². The van der Waals surface area contributed by atoms with Crippen LogP contribution >= 0.6 is 11.8 Å². The lowest BCUT2D eigenvalue weighted by Crippen LogP contribution is -2.38. The molecule has 1 aromatic heterocycles. The second-order valence-corrected chi connectivity index (χ2v) is 6.01. The number of rotatable bonds is 4. The third-order valence-corrected chi connectivity index (χ3v) is 4.54. The van der Waals surface area contributed by atoms with Crippen molar-refractivity contribution < 1.29 is 9.48 Å². The van der Waals surface area contributed by atoms with Gasteiger partial charge in [0.15, 0.2) is 5.69 Å². The van der Waals surface area contributed by atoms with E-state index in [1.165, 1.54) is 18.2 Å². The number of hydrogen-bond donors (Lipinski definition) is 1. The van der Waals surface area contributed by atoms with Crippen LogP contribution in [-0.2, 0) is 4.79 Å². The third kappa shape index (κ3) is 3.44. The van der Waals surface area contributed by atoms with Crippen LogP contribution in [0.3, 0.4) is 0 Å². The lowest BCUT2D eigenvalue weighted by molar-refractivity contribution is -0.694. The topological polar surface area (TPSA) is 52.9 Å². The van der Waals surface area contributed by atoms with Crippen molar-refractivity contribution in [3.05, 3.63) is 36.7 Å². The molecular weight excluding hydrogens is 284 g/mol. The summed E-state index contributed by atoms with van der Waals surface area (Å²) in [6.45, 7) is 1.80. The summed E-state index contributed by atoms with van der Waals surface area (Å²) in [5.41, 5.74) is 1.02. The first-order chi connectivity index (χ1) is 10.3. The van der Waals surface area contributed by atoms with Crippen molar-refractivity contribution >= 4 is 17.7 Å². The molecule has 1 fully saturated rings. The van der Waals surface area contributed by atoms with E-state index in [0.717, 1.165) is 36.8 Å². The van der Waals surface area contributed by atoms with Crippen molar-refractivity contribution in [2.24, 2.45) is 0 Å². The lowest BCUT2D eigenvalue weighted by Gasteiger charge is -2.26. The van der Waals surface area contributed by atoms with Gasteiger partial charge in [-0.3, -0.25) is 4.79 Å². The van der Waals surface area contributed by atoms with E-state index >= 15 is 0 Å². The Balaban J connectivity index is 1.63. The molecule has 1 aromatic carbocycles. The van der Waals surface area contributed by atoms with Crippen molar-refractivity contribution in [3.8, 4) is 5.69 Å². The number of hydrogen-bond acceptors (Lipinski definition) is 3. The van der Waals surface area contributed by atoms with Crippen LogP contribution in [0.15, 0.2) is 41.8 Å². The Bertz CT molecular complexity index is 593. The summed E-state index contributed by atoms with van der Waals surface area (Å²) < 4.78 is 1.90. The zero-order valence-electron chi connectivity index (χ0n) is 11.9. The van der Waals surface area contributed by atoms with Crippen molar-refractivity contribution in [3.63, 3.8) is 0 Å². The predicted octanol–water partition coefficient (Wildman–Crippen LogP) is 1.79. The van der Waals surface area contributed by atoms with Gasteiger partial charge in [0.05, 0.1) is 5.75 Å². The molecule has 6 heteroatoms. The molecule has 1 amide bonds. The first-order valence-corrected chi connectivity index (χ1v) is 8.24. The molecule has 0 unspecified atom stereocenters. The first kappa shape index (κ1) is 14.1. The summed E-state index contributed by atoms with van der Waals surface area (Å²) in [4.78, 5) is 18.5. The van der Waals surface area contributed by atoms with Gasteiger partial charge >= 0.3 is 5.16 Å². The van der Waals surface area contributed by atoms with E-state index in [2.05, 4.69) is 10.1 Å². The number of nitrogens with one attached hydrogen (secondary N) is 1. The molecule has 0 atom stereocenters. The Kier molecular flexibility index (Phi) is 4.55. The minimum absolute atomic E-state index is 0.210. The number of piperidine rings is 1. The monoisotopic (exact) mass is 303 g/mol. The molecule has 2 heterocycles. The quantitative estimate of drug-likeness (QED) is 0.692. The number of carbonyl (C=O) groups excluding carboxylic acids is 1. The maximum Gasteiger partial charge on any atom is 0.385 e. The Morgan fingerprint density at radius 2 is 2.00 bits per heavy atom. The van der Waals surface area contributed by atoms with Gasteiger partial charge in [-0.1, -0.05) is 18.2 Å². The van der Waals surface area contributed by atoms with Gasteiger partial charge in [-0.25, -0.2) is 0 Å². The van der Waals surface area contributed by atoms with E-state index in [1.54, 1.807) is 6.33 Å². The predicted molar refractivity (Wildman–Crippen MR) is 81.3 cm³/mol. The minimum Gasteiger partial charge on any atom is -0.342 e.